The van der Waals surface area contributed by atoms with Gasteiger partial charge in [-0.15, -0.1) is 0 Å². The lowest BCUT2D eigenvalue weighted by Crippen LogP contribution is -2.46. The lowest BCUT2D eigenvalue weighted by molar-refractivity contribution is 0.108. The third-order valence-electron chi connectivity index (χ3n) is 6.58. The number of β-amino-alcohol motifs (C(OH)–C–C–N with tert-alkyl or cyclic N) is 1. The minimum absolute atomic E-state index is 0.171. The molecule has 5 rings (SSSR count). The highest BCUT2D eigenvalue weighted by Gasteiger charge is 2.18. The van der Waals surface area contributed by atoms with Crippen molar-refractivity contribution in [1.29, 1.82) is 0 Å². The average Bonchev–Trinajstić information content (AvgIpc) is 3.50. The molecule has 4 aromatic rings. The van der Waals surface area contributed by atoms with E-state index in [2.05, 4.69) is 53.5 Å². The molecular weight excluding hydrogens is 474 g/mol. The molecule has 196 valence electrons. The van der Waals surface area contributed by atoms with E-state index in [1.807, 2.05) is 17.7 Å². The second-order valence-electron chi connectivity index (χ2n) is 9.24. The summed E-state index contributed by atoms with van der Waals surface area (Å²) in [6.45, 7) is 8.49. The van der Waals surface area contributed by atoms with Crippen LogP contribution in [0.3, 0.4) is 0 Å². The molecule has 0 spiro atoms. The Morgan fingerprint density at radius 1 is 1.11 bits per heavy atom. The Balaban J connectivity index is 1.32. The number of piperazine rings is 1. The van der Waals surface area contributed by atoms with Gasteiger partial charge in [0.1, 0.15) is 28.2 Å². The van der Waals surface area contributed by atoms with Gasteiger partial charge in [0, 0.05) is 50.9 Å². The molecule has 1 aromatic carbocycles. The fourth-order valence-corrected chi connectivity index (χ4v) is 4.69. The fourth-order valence-electron chi connectivity index (χ4n) is 4.69. The van der Waals surface area contributed by atoms with Crippen molar-refractivity contribution in [1.82, 2.24) is 34.7 Å². The van der Waals surface area contributed by atoms with Gasteiger partial charge in [-0.25, -0.2) is 4.98 Å². The number of aliphatic hydroxyl groups excluding tert-OH is 1. The number of benzene rings is 1. The average molecular weight is 508 g/mol. The van der Waals surface area contributed by atoms with Gasteiger partial charge in [-0.3, -0.25) is 14.5 Å². The first kappa shape index (κ1) is 24.9. The Labute approximate surface area is 215 Å². The zero-order valence-electron chi connectivity index (χ0n) is 21.2. The molecule has 3 aromatic heterocycles. The molecule has 1 aliphatic rings. The molecule has 0 bridgehead atoms. The number of methoxy groups -OCH3 is 1. The number of fused-ring (bicyclic) bond motifs is 1. The molecule has 4 heterocycles. The van der Waals surface area contributed by atoms with E-state index in [0.29, 0.717) is 24.4 Å². The highest BCUT2D eigenvalue weighted by Crippen LogP contribution is 2.26. The Morgan fingerprint density at radius 3 is 2.65 bits per heavy atom. The normalized spacial score (nSPS) is 14.9. The van der Waals surface area contributed by atoms with Gasteiger partial charge in [-0.05, 0) is 18.6 Å². The van der Waals surface area contributed by atoms with E-state index in [-0.39, 0.29) is 12.6 Å². The largest absolute Gasteiger partial charge is 0.496 e. The van der Waals surface area contributed by atoms with E-state index in [1.54, 1.807) is 13.3 Å². The van der Waals surface area contributed by atoms with Crippen LogP contribution in [0.15, 0.2) is 35.0 Å². The Kier molecular flexibility index (Phi) is 7.49. The lowest BCUT2D eigenvalue weighted by Gasteiger charge is -2.34. The monoisotopic (exact) mass is 507 g/mol. The molecule has 4 N–H and O–H groups in total. The van der Waals surface area contributed by atoms with Crippen molar-refractivity contribution >= 4 is 22.8 Å². The third-order valence-corrected chi connectivity index (χ3v) is 6.58. The van der Waals surface area contributed by atoms with Crippen LogP contribution in [-0.4, -0.2) is 86.3 Å². The zero-order valence-corrected chi connectivity index (χ0v) is 21.2. The van der Waals surface area contributed by atoms with Gasteiger partial charge < -0.3 is 25.4 Å². The number of nitrogens with two attached hydrogens (primary N) is 1. The van der Waals surface area contributed by atoms with Crippen molar-refractivity contribution in [2.24, 2.45) is 0 Å². The number of rotatable bonds is 10. The van der Waals surface area contributed by atoms with E-state index < -0.39 is 0 Å². The molecule has 0 aliphatic carbocycles. The maximum absolute atomic E-state index is 9.16. The lowest BCUT2D eigenvalue weighted by atomic mass is 10.1. The van der Waals surface area contributed by atoms with Gasteiger partial charge in [0.2, 0.25) is 5.95 Å². The van der Waals surface area contributed by atoms with E-state index in [1.165, 1.54) is 5.56 Å². The predicted octanol–water partition coefficient (Wildman–Crippen LogP) is 1.48. The molecule has 0 unspecified atom stereocenters. The van der Waals surface area contributed by atoms with Gasteiger partial charge in [-0.1, -0.05) is 17.3 Å². The Hall–Kier alpha value is -3.74. The molecule has 12 nitrogen and oxygen atoms in total. The first-order valence-corrected chi connectivity index (χ1v) is 12.4. The number of hydrogen-bond acceptors (Lipinski definition) is 11. The van der Waals surface area contributed by atoms with Crippen LogP contribution in [0.25, 0.3) is 11.0 Å². The summed E-state index contributed by atoms with van der Waals surface area (Å²) in [7, 11) is 1.69. The maximum Gasteiger partial charge on any atom is 0.222 e. The molecular formula is C25H33N9O3. The summed E-state index contributed by atoms with van der Waals surface area (Å²) >= 11 is 0. The number of aryl methyl sites for hydroxylation is 1. The van der Waals surface area contributed by atoms with Crippen LogP contribution in [0.4, 0.5) is 11.8 Å². The molecule has 1 fully saturated rings. The molecule has 0 amide bonds. The van der Waals surface area contributed by atoms with Crippen LogP contribution < -0.4 is 15.8 Å². The van der Waals surface area contributed by atoms with Crippen molar-refractivity contribution in [3.8, 4) is 5.75 Å². The van der Waals surface area contributed by atoms with Crippen LogP contribution in [0.1, 0.15) is 22.6 Å². The zero-order chi connectivity index (χ0) is 25.8. The highest BCUT2D eigenvalue weighted by atomic mass is 16.5. The number of aromatic nitrogens is 5. The minimum Gasteiger partial charge on any atom is -0.496 e. The third kappa shape index (κ3) is 5.82. The summed E-state index contributed by atoms with van der Waals surface area (Å²) in [5, 5.41) is 21.0. The fraction of sp³-hybridized carbons (Fsp3) is 0.440. The smallest absolute Gasteiger partial charge is 0.222 e. The number of hydrogen-bond donors (Lipinski definition) is 3. The number of nitrogens with zero attached hydrogens (tertiary/aromatic N) is 7. The molecule has 12 heteroatoms. The Morgan fingerprint density at radius 2 is 1.92 bits per heavy atom. The van der Waals surface area contributed by atoms with Crippen molar-refractivity contribution in [3.63, 3.8) is 0 Å². The van der Waals surface area contributed by atoms with Crippen LogP contribution in [0.5, 0.6) is 5.75 Å². The van der Waals surface area contributed by atoms with E-state index >= 15 is 0 Å². The summed E-state index contributed by atoms with van der Waals surface area (Å²) < 4.78 is 12.8. The second kappa shape index (κ2) is 11.1. The van der Waals surface area contributed by atoms with Gasteiger partial charge in [0.15, 0.2) is 5.82 Å². The Bertz CT molecular complexity index is 1340. The molecule has 1 saturated heterocycles. The van der Waals surface area contributed by atoms with Crippen molar-refractivity contribution in [2.75, 3.05) is 57.5 Å². The summed E-state index contributed by atoms with van der Waals surface area (Å²) in [4.78, 5) is 13.5. The quantitative estimate of drug-likeness (QED) is 0.287. The van der Waals surface area contributed by atoms with Crippen molar-refractivity contribution < 1.29 is 14.4 Å². The van der Waals surface area contributed by atoms with Gasteiger partial charge in [-0.2, -0.15) is 10.1 Å². The van der Waals surface area contributed by atoms with Crippen LogP contribution in [-0.2, 0) is 19.6 Å². The second-order valence-corrected chi connectivity index (χ2v) is 9.24. The first-order valence-electron chi connectivity index (χ1n) is 12.4. The van der Waals surface area contributed by atoms with Gasteiger partial charge >= 0.3 is 0 Å². The summed E-state index contributed by atoms with van der Waals surface area (Å²) in [5.74, 6) is 2.30. The van der Waals surface area contributed by atoms with Crippen molar-refractivity contribution in [2.45, 2.75) is 26.6 Å². The number of nitrogens with one attached hydrogen (secondary N) is 1. The highest BCUT2D eigenvalue weighted by molar-refractivity contribution is 5.86. The summed E-state index contributed by atoms with van der Waals surface area (Å²) in [5.41, 5.74) is 10.3. The number of nitrogen functional groups attached to an aromatic ring is 1. The summed E-state index contributed by atoms with van der Waals surface area (Å²) in [6.07, 6.45) is 1.69. The van der Waals surface area contributed by atoms with Gasteiger partial charge in [0.25, 0.3) is 0 Å². The SMILES string of the molecule is COc1cc(CN2CCN(CCO)CC2)ccc1Cn1ncc2nc(N)nc(NCc3cc(C)on3)c21. The molecule has 0 saturated carbocycles. The molecule has 0 radical (unpaired) electrons. The van der Waals surface area contributed by atoms with Crippen molar-refractivity contribution in [3.05, 3.63) is 53.0 Å². The van der Waals surface area contributed by atoms with Crippen LogP contribution in [0.2, 0.25) is 0 Å². The van der Waals surface area contributed by atoms with E-state index in [0.717, 1.165) is 67.6 Å². The first-order chi connectivity index (χ1) is 18.0. The topological polar surface area (TPSA) is 144 Å². The number of anilines is 2. The number of ether oxygens (including phenoxy) is 1. The molecule has 37 heavy (non-hydrogen) atoms. The van der Waals surface area contributed by atoms with Crippen LogP contribution in [0, 0.1) is 6.92 Å². The van der Waals surface area contributed by atoms with Crippen LogP contribution >= 0.6 is 0 Å². The molecule has 1 aliphatic heterocycles. The standard InChI is InChI=1S/C25H33N9O3/c1-17-11-20(31-37-17)13-27-24-23-21(29-25(26)30-24)14-28-34(23)16-19-4-3-18(12-22(19)36-2)15-33-7-5-32(6-8-33)9-10-35/h3-4,11-12,14,35H,5-10,13,15-16H2,1-2H3,(H3,26,27,29,30). The van der Waals surface area contributed by atoms with E-state index in [9.17, 15) is 0 Å². The van der Waals surface area contributed by atoms with Gasteiger partial charge in [0.05, 0.1) is 33.0 Å². The number of aliphatic hydroxyl groups is 1. The summed E-state index contributed by atoms with van der Waals surface area (Å²) in [6, 6.07) is 8.20. The maximum atomic E-state index is 9.16. The molecule has 0 atom stereocenters. The van der Waals surface area contributed by atoms with E-state index in [4.69, 9.17) is 20.1 Å². The minimum atomic E-state index is 0.171. The predicted molar refractivity (Wildman–Crippen MR) is 139 cm³/mol.